The molecule has 0 aliphatic heterocycles. The van der Waals surface area contributed by atoms with Gasteiger partial charge >= 0.3 is 8.25 Å². The number of hydrogen-bond donors (Lipinski definition) is 0. The monoisotopic (exact) mass is 529 g/mol. The fourth-order valence-electron chi connectivity index (χ4n) is 4.06. The van der Waals surface area contributed by atoms with Crippen LogP contribution < -0.4 is 9.47 Å². The normalized spacial score (nSPS) is 12.9. The van der Waals surface area contributed by atoms with E-state index in [1.165, 1.54) is 0 Å². The lowest BCUT2D eigenvalue weighted by Crippen LogP contribution is -2.12. The summed E-state index contributed by atoms with van der Waals surface area (Å²) >= 11 is 0. The van der Waals surface area contributed by atoms with Crippen molar-refractivity contribution in [2.24, 2.45) is 0 Å². The highest BCUT2D eigenvalue weighted by atomic mass is 31.1. The van der Waals surface area contributed by atoms with E-state index in [2.05, 4.69) is 0 Å². The minimum absolute atomic E-state index is 0.273. The smallest absolute Gasteiger partial charge is 0.489 e. The maximum absolute atomic E-state index is 12.6. The van der Waals surface area contributed by atoms with Gasteiger partial charge in [-0.05, 0) is 60.4 Å². The van der Waals surface area contributed by atoms with Crippen LogP contribution in [-0.4, -0.2) is 12.2 Å². The molecule has 0 aliphatic carbocycles. The highest BCUT2D eigenvalue weighted by Gasteiger charge is 2.28. The first-order chi connectivity index (χ1) is 18.5. The molecule has 0 radical (unpaired) electrons. The summed E-state index contributed by atoms with van der Waals surface area (Å²) in [5.74, 6) is 1.59. The summed E-state index contributed by atoms with van der Waals surface area (Å²) in [5, 5.41) is 0. The molecule has 0 N–H and O–H groups in total. The number of benzene rings is 4. The summed E-state index contributed by atoms with van der Waals surface area (Å²) in [7, 11) is -2.25. The second kappa shape index (κ2) is 14.4. The van der Waals surface area contributed by atoms with Crippen LogP contribution in [0.3, 0.4) is 0 Å². The molecule has 5 nitrogen and oxygen atoms in total. The van der Waals surface area contributed by atoms with Gasteiger partial charge in [0, 0.05) is 17.4 Å². The molecule has 2 unspecified atom stereocenters. The first kappa shape index (κ1) is 27.5. The van der Waals surface area contributed by atoms with Gasteiger partial charge in [-0.2, -0.15) is 0 Å². The zero-order valence-corrected chi connectivity index (χ0v) is 22.8. The topological polar surface area (TPSA) is 54.0 Å². The molecule has 4 aromatic carbocycles. The highest BCUT2D eigenvalue weighted by Crippen LogP contribution is 2.31. The molecule has 4 aromatic rings. The highest BCUT2D eigenvalue weighted by molar-refractivity contribution is 7.33. The van der Waals surface area contributed by atoms with Gasteiger partial charge in [0.25, 0.3) is 0 Å². The van der Waals surface area contributed by atoms with Crippen molar-refractivity contribution in [1.82, 2.24) is 0 Å². The molecule has 0 aliphatic rings. The Morgan fingerprint density at radius 2 is 0.947 bits per heavy atom. The van der Waals surface area contributed by atoms with Crippen LogP contribution in [-0.2, 0) is 39.7 Å². The van der Waals surface area contributed by atoms with Gasteiger partial charge < -0.3 is 9.47 Å². The fraction of sp³-hybridized carbons (Fsp3) is 0.250. The number of hydrogen-bond acceptors (Lipinski definition) is 5. The summed E-state index contributed by atoms with van der Waals surface area (Å²) in [6.07, 6.45) is 0.652. The van der Waals surface area contributed by atoms with Crippen LogP contribution in [0.15, 0.2) is 109 Å². The molecule has 0 saturated heterocycles. The van der Waals surface area contributed by atoms with Gasteiger partial charge in [-0.15, -0.1) is 9.05 Å². The van der Waals surface area contributed by atoms with Crippen LogP contribution in [0.1, 0.15) is 36.1 Å². The molecular weight excluding hydrogens is 495 g/mol. The number of rotatable bonds is 14. The lowest BCUT2D eigenvalue weighted by atomic mass is 10.1. The lowest BCUT2D eigenvalue weighted by molar-refractivity contribution is 0.145. The fourth-order valence-corrected chi connectivity index (χ4v) is 4.85. The van der Waals surface area contributed by atoms with E-state index in [9.17, 15) is 4.57 Å². The summed E-state index contributed by atoms with van der Waals surface area (Å²) < 4.78 is 35.7. The van der Waals surface area contributed by atoms with E-state index >= 15 is 0 Å². The Morgan fingerprint density at radius 1 is 0.553 bits per heavy atom. The van der Waals surface area contributed by atoms with Gasteiger partial charge in [0.15, 0.2) is 0 Å². The van der Waals surface area contributed by atoms with Gasteiger partial charge in [0.1, 0.15) is 36.9 Å². The Balaban J connectivity index is 1.20. The van der Waals surface area contributed by atoms with Gasteiger partial charge in [0.2, 0.25) is 0 Å². The molecule has 6 heteroatoms. The third kappa shape index (κ3) is 9.42. The maximum Gasteiger partial charge on any atom is 0.697 e. The van der Waals surface area contributed by atoms with Crippen molar-refractivity contribution in [3.63, 3.8) is 0 Å². The minimum atomic E-state index is -2.25. The van der Waals surface area contributed by atoms with E-state index in [4.69, 9.17) is 18.5 Å². The van der Waals surface area contributed by atoms with Crippen molar-refractivity contribution in [3.05, 3.63) is 131 Å². The van der Waals surface area contributed by atoms with Crippen molar-refractivity contribution in [3.8, 4) is 11.5 Å². The summed E-state index contributed by atoms with van der Waals surface area (Å²) in [6, 6.07) is 35.9. The predicted molar refractivity (Wildman–Crippen MR) is 151 cm³/mol. The Bertz CT molecular complexity index is 1180. The molecule has 38 heavy (non-hydrogen) atoms. The van der Waals surface area contributed by atoms with E-state index in [-0.39, 0.29) is 12.2 Å². The minimum Gasteiger partial charge on any atom is -0.489 e. The third-order valence-corrected chi connectivity index (χ3v) is 6.94. The van der Waals surface area contributed by atoms with Gasteiger partial charge in [-0.1, -0.05) is 84.9 Å². The van der Waals surface area contributed by atoms with Crippen LogP contribution in [0, 0.1) is 0 Å². The second-order valence-electron chi connectivity index (χ2n) is 9.31. The summed E-state index contributed by atoms with van der Waals surface area (Å²) in [6.45, 7) is 4.81. The maximum atomic E-state index is 12.6. The van der Waals surface area contributed by atoms with E-state index < -0.39 is 8.25 Å². The standard InChI is InChI=1S/C32H34O5P/c1-25(19-29-15-9-17-31(21-29)34-23-27-11-5-3-6-12-27)36-38(33)37-26(2)20-30-16-10-18-32(22-30)35-24-28-13-7-4-8-14-28/h3-18,21-22,25-26H,19-20,23-24H2,1-2H3/q+1. The van der Waals surface area contributed by atoms with E-state index in [0.29, 0.717) is 26.1 Å². The average molecular weight is 530 g/mol. The second-order valence-corrected chi connectivity index (χ2v) is 10.2. The van der Waals surface area contributed by atoms with Gasteiger partial charge in [0.05, 0.1) is 0 Å². The molecule has 0 amide bonds. The largest absolute Gasteiger partial charge is 0.697 e. The zero-order valence-electron chi connectivity index (χ0n) is 21.9. The average Bonchev–Trinajstić information content (AvgIpc) is 2.92. The first-order valence-corrected chi connectivity index (χ1v) is 13.9. The van der Waals surface area contributed by atoms with Crippen molar-refractivity contribution < 1.29 is 23.1 Å². The van der Waals surface area contributed by atoms with Crippen molar-refractivity contribution >= 4 is 8.25 Å². The predicted octanol–water partition coefficient (Wildman–Crippen LogP) is 8.10. The molecule has 0 bridgehead atoms. The van der Waals surface area contributed by atoms with Crippen molar-refractivity contribution in [2.75, 3.05) is 0 Å². The van der Waals surface area contributed by atoms with E-state index in [1.54, 1.807) is 0 Å². The van der Waals surface area contributed by atoms with Crippen LogP contribution >= 0.6 is 8.25 Å². The van der Waals surface area contributed by atoms with Crippen LogP contribution in [0.2, 0.25) is 0 Å². The third-order valence-electron chi connectivity index (χ3n) is 5.87. The van der Waals surface area contributed by atoms with Gasteiger partial charge in [-0.25, -0.2) is 0 Å². The van der Waals surface area contributed by atoms with Crippen LogP contribution in [0.5, 0.6) is 11.5 Å². The molecule has 0 heterocycles. The van der Waals surface area contributed by atoms with E-state index in [0.717, 1.165) is 33.8 Å². The SMILES string of the molecule is CC(Cc1cccc(OCc2ccccc2)c1)O[P+](=O)OC(C)Cc1cccc(OCc2ccccc2)c1. The van der Waals surface area contributed by atoms with Crippen LogP contribution in [0.25, 0.3) is 0 Å². The summed E-state index contributed by atoms with van der Waals surface area (Å²) in [5.41, 5.74) is 4.33. The number of ether oxygens (including phenoxy) is 2. The Kier molecular flexibility index (Phi) is 10.5. The molecule has 2 atom stereocenters. The molecule has 0 spiro atoms. The molecule has 0 aromatic heterocycles. The summed E-state index contributed by atoms with van der Waals surface area (Å²) in [4.78, 5) is 0. The molecule has 4 rings (SSSR count). The first-order valence-electron chi connectivity index (χ1n) is 12.9. The zero-order chi connectivity index (χ0) is 26.6. The van der Waals surface area contributed by atoms with Crippen LogP contribution in [0.4, 0.5) is 0 Å². The van der Waals surface area contributed by atoms with Crippen molar-refractivity contribution in [2.45, 2.75) is 52.1 Å². The Labute approximate surface area is 226 Å². The molecule has 0 saturated carbocycles. The molecule has 196 valence electrons. The van der Waals surface area contributed by atoms with Gasteiger partial charge in [-0.3, -0.25) is 0 Å². The lowest BCUT2D eigenvalue weighted by Gasteiger charge is -2.11. The Morgan fingerprint density at radius 3 is 1.37 bits per heavy atom. The molecule has 0 fully saturated rings. The quantitative estimate of drug-likeness (QED) is 0.155. The van der Waals surface area contributed by atoms with E-state index in [1.807, 2.05) is 123 Å². The Hall–Kier alpha value is -3.50. The van der Waals surface area contributed by atoms with Crippen molar-refractivity contribution in [1.29, 1.82) is 0 Å². The molecular formula is C32H34O5P+.